The van der Waals surface area contributed by atoms with E-state index in [0.717, 1.165) is 34.9 Å². The van der Waals surface area contributed by atoms with E-state index in [1.807, 2.05) is 36.7 Å². The Morgan fingerprint density at radius 3 is 2.57 bits per heavy atom. The summed E-state index contributed by atoms with van der Waals surface area (Å²) >= 11 is 0. The van der Waals surface area contributed by atoms with Crippen molar-refractivity contribution in [3.05, 3.63) is 72.7 Å². The van der Waals surface area contributed by atoms with E-state index in [0.29, 0.717) is 5.82 Å². The number of hydrogen-bond donors (Lipinski definition) is 1. The van der Waals surface area contributed by atoms with E-state index < -0.39 is 0 Å². The number of nitrogens with one attached hydrogen (secondary N) is 1. The van der Waals surface area contributed by atoms with Crippen LogP contribution in [0.15, 0.2) is 67.1 Å². The molecule has 2 aromatic carbocycles. The molecule has 0 bridgehead atoms. The highest BCUT2D eigenvalue weighted by Gasteiger charge is 2.13. The van der Waals surface area contributed by atoms with Gasteiger partial charge in [-0.1, -0.05) is 24.3 Å². The van der Waals surface area contributed by atoms with Crippen LogP contribution in [0, 0.1) is 0 Å². The second kappa shape index (κ2) is 7.70. The molecule has 0 atom stereocenters. The number of nitrogens with zero attached hydrogens (tertiary/aromatic N) is 4. The average molecular weight is 373 g/mol. The predicted molar refractivity (Wildman–Crippen MR) is 112 cm³/mol. The van der Waals surface area contributed by atoms with Crippen molar-refractivity contribution in [1.82, 2.24) is 19.3 Å². The first kappa shape index (κ1) is 18.0. The maximum absolute atomic E-state index is 5.22. The van der Waals surface area contributed by atoms with Gasteiger partial charge in [0.25, 0.3) is 0 Å². The van der Waals surface area contributed by atoms with E-state index in [1.54, 1.807) is 13.3 Å². The number of aromatic nitrogens is 3. The molecule has 0 fully saturated rings. The molecule has 6 heteroatoms. The number of hydrogen-bond acceptors (Lipinski definition) is 5. The number of methoxy groups -OCH3 is 1. The van der Waals surface area contributed by atoms with Gasteiger partial charge in [0, 0.05) is 30.2 Å². The van der Waals surface area contributed by atoms with Gasteiger partial charge in [-0.3, -0.25) is 4.40 Å². The molecular formula is C22H23N5O. The maximum Gasteiger partial charge on any atom is 0.180 e. The summed E-state index contributed by atoms with van der Waals surface area (Å²) in [4.78, 5) is 11.4. The van der Waals surface area contributed by atoms with E-state index in [-0.39, 0.29) is 0 Å². The van der Waals surface area contributed by atoms with Crippen LogP contribution in [-0.4, -0.2) is 40.5 Å². The van der Waals surface area contributed by atoms with Gasteiger partial charge in [-0.25, -0.2) is 9.97 Å². The summed E-state index contributed by atoms with van der Waals surface area (Å²) in [5.74, 6) is 1.53. The van der Waals surface area contributed by atoms with Gasteiger partial charge in [0.15, 0.2) is 11.5 Å². The lowest BCUT2D eigenvalue weighted by molar-refractivity contribution is 0.403. The molecule has 6 nitrogen and oxygen atoms in total. The fraction of sp³-hybridized carbons (Fsp3) is 0.182. The Bertz CT molecular complexity index is 1090. The number of anilines is 2. The molecular weight excluding hydrogens is 350 g/mol. The molecule has 0 spiro atoms. The van der Waals surface area contributed by atoms with Gasteiger partial charge in [0.05, 0.1) is 19.0 Å². The highest BCUT2D eigenvalue weighted by atomic mass is 16.5. The Kier molecular flexibility index (Phi) is 4.95. The molecule has 0 saturated carbocycles. The van der Waals surface area contributed by atoms with Crippen molar-refractivity contribution < 1.29 is 4.74 Å². The van der Waals surface area contributed by atoms with E-state index in [1.165, 1.54) is 5.56 Å². The zero-order valence-corrected chi connectivity index (χ0v) is 16.3. The smallest absolute Gasteiger partial charge is 0.180 e. The van der Waals surface area contributed by atoms with Crippen molar-refractivity contribution in [2.75, 3.05) is 26.5 Å². The number of benzene rings is 2. The minimum atomic E-state index is 0.712. The normalized spacial score (nSPS) is 11.1. The van der Waals surface area contributed by atoms with Crippen molar-refractivity contribution in [2.24, 2.45) is 0 Å². The third-order valence-corrected chi connectivity index (χ3v) is 4.56. The number of rotatable bonds is 6. The van der Waals surface area contributed by atoms with Gasteiger partial charge >= 0.3 is 0 Å². The molecule has 0 aliphatic rings. The summed E-state index contributed by atoms with van der Waals surface area (Å²) in [5, 5.41) is 3.35. The molecule has 0 amide bonds. The first-order valence-corrected chi connectivity index (χ1v) is 9.12. The molecule has 4 aromatic rings. The zero-order valence-electron chi connectivity index (χ0n) is 16.3. The van der Waals surface area contributed by atoms with Gasteiger partial charge in [-0.15, -0.1) is 0 Å². The van der Waals surface area contributed by atoms with Crippen molar-refractivity contribution in [3.63, 3.8) is 0 Å². The summed E-state index contributed by atoms with van der Waals surface area (Å²) in [7, 11) is 5.80. The molecule has 142 valence electrons. The van der Waals surface area contributed by atoms with Crippen molar-refractivity contribution in [2.45, 2.75) is 6.54 Å². The third kappa shape index (κ3) is 3.54. The van der Waals surface area contributed by atoms with Crippen LogP contribution in [0.5, 0.6) is 5.75 Å². The molecule has 2 aromatic heterocycles. The SMILES string of the molecule is COc1ccc(Nc2ncc(-c3ccccc3CN(C)C)n3ccnc23)cc1. The minimum absolute atomic E-state index is 0.712. The van der Waals surface area contributed by atoms with Gasteiger partial charge < -0.3 is 15.0 Å². The predicted octanol–water partition coefficient (Wildman–Crippen LogP) is 4.21. The first-order valence-electron chi connectivity index (χ1n) is 9.12. The standard InChI is InChI=1S/C22H23N5O/c1-26(2)15-16-6-4-5-7-19(16)20-14-24-21(22-23-12-13-27(20)22)25-17-8-10-18(28-3)11-9-17/h4-14H,15H2,1-3H3,(H,24,25). The number of imidazole rings is 1. The van der Waals surface area contributed by atoms with Crippen molar-refractivity contribution in [1.29, 1.82) is 0 Å². The Morgan fingerprint density at radius 1 is 1.04 bits per heavy atom. The molecule has 4 rings (SSSR count). The largest absolute Gasteiger partial charge is 0.497 e. The first-order chi connectivity index (χ1) is 13.7. The van der Waals surface area contributed by atoms with E-state index in [4.69, 9.17) is 4.74 Å². The second-order valence-electron chi connectivity index (χ2n) is 6.86. The van der Waals surface area contributed by atoms with Gasteiger partial charge in [0.1, 0.15) is 5.75 Å². The van der Waals surface area contributed by atoms with Crippen molar-refractivity contribution >= 4 is 17.2 Å². The highest BCUT2D eigenvalue weighted by Crippen LogP contribution is 2.28. The summed E-state index contributed by atoms with van der Waals surface area (Å²) in [5.41, 5.74) is 5.14. The fourth-order valence-corrected chi connectivity index (χ4v) is 3.27. The molecule has 0 aliphatic carbocycles. The minimum Gasteiger partial charge on any atom is -0.497 e. The van der Waals surface area contributed by atoms with Crippen LogP contribution in [0.4, 0.5) is 11.5 Å². The maximum atomic E-state index is 5.22. The highest BCUT2D eigenvalue weighted by molar-refractivity contribution is 5.75. The summed E-state index contributed by atoms with van der Waals surface area (Å²) in [6.07, 6.45) is 5.67. The van der Waals surface area contributed by atoms with Crippen LogP contribution in [0.25, 0.3) is 16.9 Å². The lowest BCUT2D eigenvalue weighted by atomic mass is 10.0. The van der Waals surface area contributed by atoms with Crippen LogP contribution >= 0.6 is 0 Å². The Morgan fingerprint density at radius 2 is 1.82 bits per heavy atom. The molecule has 0 unspecified atom stereocenters. The second-order valence-corrected chi connectivity index (χ2v) is 6.86. The van der Waals surface area contributed by atoms with E-state index in [2.05, 4.69) is 62.9 Å². The van der Waals surface area contributed by atoms with Gasteiger partial charge in [-0.2, -0.15) is 0 Å². The Labute approximate surface area is 164 Å². The Balaban J connectivity index is 1.74. The average Bonchev–Trinajstić information content (AvgIpc) is 3.19. The van der Waals surface area contributed by atoms with Crippen LogP contribution in [0.1, 0.15) is 5.56 Å². The lowest BCUT2D eigenvalue weighted by Gasteiger charge is -2.16. The summed E-state index contributed by atoms with van der Waals surface area (Å²) in [6.45, 7) is 0.859. The number of ether oxygens (including phenoxy) is 1. The monoisotopic (exact) mass is 373 g/mol. The summed E-state index contributed by atoms with van der Waals surface area (Å²) < 4.78 is 7.29. The van der Waals surface area contributed by atoms with E-state index in [9.17, 15) is 0 Å². The van der Waals surface area contributed by atoms with Crippen LogP contribution < -0.4 is 10.1 Å². The molecule has 0 saturated heterocycles. The number of fused-ring (bicyclic) bond motifs is 1. The lowest BCUT2D eigenvalue weighted by Crippen LogP contribution is -2.12. The fourth-order valence-electron chi connectivity index (χ4n) is 3.27. The molecule has 0 aliphatic heterocycles. The van der Waals surface area contributed by atoms with Crippen LogP contribution in [-0.2, 0) is 6.54 Å². The molecule has 1 N–H and O–H groups in total. The summed E-state index contributed by atoms with van der Waals surface area (Å²) in [6, 6.07) is 16.2. The van der Waals surface area contributed by atoms with Crippen molar-refractivity contribution in [3.8, 4) is 17.0 Å². The zero-order chi connectivity index (χ0) is 19.5. The molecule has 28 heavy (non-hydrogen) atoms. The van der Waals surface area contributed by atoms with E-state index >= 15 is 0 Å². The molecule has 0 radical (unpaired) electrons. The quantitative estimate of drug-likeness (QED) is 0.549. The van der Waals surface area contributed by atoms with Gasteiger partial charge in [0.2, 0.25) is 0 Å². The van der Waals surface area contributed by atoms with Crippen LogP contribution in [0.3, 0.4) is 0 Å². The van der Waals surface area contributed by atoms with Crippen LogP contribution in [0.2, 0.25) is 0 Å². The molecule has 2 heterocycles. The third-order valence-electron chi connectivity index (χ3n) is 4.56. The topological polar surface area (TPSA) is 54.7 Å². The van der Waals surface area contributed by atoms with Gasteiger partial charge in [-0.05, 0) is 43.9 Å². The Hall–Kier alpha value is -3.38.